The van der Waals surface area contributed by atoms with Crippen molar-refractivity contribution < 1.29 is 9.53 Å². The Kier molecular flexibility index (Phi) is 4.48. The van der Waals surface area contributed by atoms with Crippen LogP contribution in [-0.4, -0.2) is 25.0 Å². The molecule has 0 unspecified atom stereocenters. The molecule has 0 aliphatic carbocycles. The van der Waals surface area contributed by atoms with Crippen molar-refractivity contribution in [1.82, 2.24) is 4.90 Å². The van der Waals surface area contributed by atoms with Crippen molar-refractivity contribution in [3.8, 4) is 5.75 Å². The molecule has 2 aromatic carbocycles. The topological polar surface area (TPSA) is 55.6 Å². The summed E-state index contributed by atoms with van der Waals surface area (Å²) in [6.45, 7) is 2.46. The molecule has 1 amide bonds. The molecular formula is C17H20N2O2. The number of amides is 1. The van der Waals surface area contributed by atoms with Gasteiger partial charge in [-0.2, -0.15) is 0 Å². The number of anilines is 1. The van der Waals surface area contributed by atoms with Gasteiger partial charge in [0, 0.05) is 24.8 Å². The molecule has 2 aromatic rings. The molecule has 4 nitrogen and oxygen atoms in total. The monoisotopic (exact) mass is 284 g/mol. The first-order chi connectivity index (χ1) is 10.0. The number of ether oxygens (including phenoxy) is 1. The molecule has 4 heteroatoms. The molecule has 0 fully saturated rings. The summed E-state index contributed by atoms with van der Waals surface area (Å²) in [5, 5.41) is 0. The highest BCUT2D eigenvalue weighted by atomic mass is 16.5. The molecule has 0 bridgehead atoms. The lowest BCUT2D eigenvalue weighted by Crippen LogP contribution is -2.26. The second-order valence-corrected chi connectivity index (χ2v) is 5.09. The van der Waals surface area contributed by atoms with Crippen molar-refractivity contribution >= 4 is 11.6 Å². The van der Waals surface area contributed by atoms with Crippen LogP contribution in [0.2, 0.25) is 0 Å². The van der Waals surface area contributed by atoms with E-state index >= 15 is 0 Å². The van der Waals surface area contributed by atoms with Crippen molar-refractivity contribution in [2.45, 2.75) is 13.5 Å². The van der Waals surface area contributed by atoms with Crippen LogP contribution in [-0.2, 0) is 6.54 Å². The number of nitrogens with zero attached hydrogens (tertiary/aromatic N) is 1. The van der Waals surface area contributed by atoms with Crippen LogP contribution < -0.4 is 10.5 Å². The van der Waals surface area contributed by atoms with E-state index in [0.717, 1.165) is 16.9 Å². The maximum Gasteiger partial charge on any atom is 0.254 e. The van der Waals surface area contributed by atoms with Gasteiger partial charge in [0.2, 0.25) is 0 Å². The minimum absolute atomic E-state index is 0.0456. The van der Waals surface area contributed by atoms with Gasteiger partial charge in [-0.15, -0.1) is 0 Å². The number of nitrogen functional groups attached to an aromatic ring is 1. The smallest absolute Gasteiger partial charge is 0.254 e. The van der Waals surface area contributed by atoms with Crippen LogP contribution in [0.1, 0.15) is 21.5 Å². The van der Waals surface area contributed by atoms with E-state index in [9.17, 15) is 4.79 Å². The van der Waals surface area contributed by atoms with Crippen LogP contribution in [0.4, 0.5) is 5.69 Å². The predicted octanol–water partition coefficient (Wildman–Crippen LogP) is 2.86. The van der Waals surface area contributed by atoms with Crippen molar-refractivity contribution in [2.75, 3.05) is 19.9 Å². The quantitative estimate of drug-likeness (QED) is 0.878. The zero-order valence-corrected chi connectivity index (χ0v) is 12.6. The summed E-state index contributed by atoms with van der Waals surface area (Å²) >= 11 is 0. The van der Waals surface area contributed by atoms with Gasteiger partial charge in [-0.05, 0) is 42.3 Å². The highest BCUT2D eigenvalue weighted by molar-refractivity contribution is 5.94. The number of nitrogens with two attached hydrogens (primary N) is 1. The molecule has 2 rings (SSSR count). The van der Waals surface area contributed by atoms with Gasteiger partial charge in [0.15, 0.2) is 0 Å². The Hall–Kier alpha value is -2.49. The van der Waals surface area contributed by atoms with Gasteiger partial charge in [-0.3, -0.25) is 4.79 Å². The Morgan fingerprint density at radius 3 is 2.67 bits per heavy atom. The van der Waals surface area contributed by atoms with Crippen LogP contribution >= 0.6 is 0 Å². The summed E-state index contributed by atoms with van der Waals surface area (Å²) in [4.78, 5) is 14.1. The second-order valence-electron chi connectivity index (χ2n) is 5.09. The number of methoxy groups -OCH3 is 1. The van der Waals surface area contributed by atoms with Gasteiger partial charge in [-0.1, -0.05) is 18.2 Å². The van der Waals surface area contributed by atoms with Crippen molar-refractivity contribution in [1.29, 1.82) is 0 Å². The second kappa shape index (κ2) is 6.31. The van der Waals surface area contributed by atoms with E-state index < -0.39 is 0 Å². The Bertz CT molecular complexity index is 653. The number of aryl methyl sites for hydroxylation is 1. The van der Waals surface area contributed by atoms with Crippen LogP contribution in [0.15, 0.2) is 42.5 Å². The summed E-state index contributed by atoms with van der Waals surface area (Å²) in [6, 6.07) is 13.0. The van der Waals surface area contributed by atoms with E-state index in [2.05, 4.69) is 0 Å². The van der Waals surface area contributed by atoms with Crippen LogP contribution in [0.25, 0.3) is 0 Å². The molecule has 0 saturated heterocycles. The van der Waals surface area contributed by atoms with E-state index in [1.165, 1.54) is 0 Å². The lowest BCUT2D eigenvalue weighted by atomic mass is 10.1. The van der Waals surface area contributed by atoms with Crippen LogP contribution in [0.3, 0.4) is 0 Å². The van der Waals surface area contributed by atoms with E-state index in [0.29, 0.717) is 17.8 Å². The Labute approximate surface area is 125 Å². The average molecular weight is 284 g/mol. The van der Waals surface area contributed by atoms with Gasteiger partial charge in [-0.25, -0.2) is 0 Å². The Morgan fingerprint density at radius 1 is 1.24 bits per heavy atom. The number of carbonyl (C=O) groups is 1. The summed E-state index contributed by atoms with van der Waals surface area (Å²) < 4.78 is 5.26. The molecular weight excluding hydrogens is 264 g/mol. The predicted molar refractivity (Wildman–Crippen MR) is 84.4 cm³/mol. The van der Waals surface area contributed by atoms with E-state index in [1.807, 2.05) is 43.3 Å². The number of hydrogen-bond donors (Lipinski definition) is 1. The third-order valence-electron chi connectivity index (χ3n) is 3.37. The van der Waals surface area contributed by atoms with Gasteiger partial charge in [0.1, 0.15) is 5.75 Å². The first-order valence-electron chi connectivity index (χ1n) is 6.76. The van der Waals surface area contributed by atoms with E-state index in [4.69, 9.17) is 10.5 Å². The summed E-state index contributed by atoms with van der Waals surface area (Å²) in [5.41, 5.74) is 9.08. The largest absolute Gasteiger partial charge is 0.496 e. The summed E-state index contributed by atoms with van der Waals surface area (Å²) in [6.07, 6.45) is 0. The van der Waals surface area contributed by atoms with Gasteiger partial charge < -0.3 is 15.4 Å². The fourth-order valence-corrected chi connectivity index (χ4v) is 2.21. The van der Waals surface area contributed by atoms with Crippen LogP contribution in [0, 0.1) is 6.92 Å². The zero-order valence-electron chi connectivity index (χ0n) is 12.6. The fraction of sp³-hybridized carbons (Fsp3) is 0.235. The summed E-state index contributed by atoms with van der Waals surface area (Å²) in [7, 11) is 3.38. The molecule has 0 heterocycles. The molecule has 2 N–H and O–H groups in total. The van der Waals surface area contributed by atoms with Crippen molar-refractivity contribution in [2.24, 2.45) is 0 Å². The lowest BCUT2D eigenvalue weighted by molar-refractivity contribution is 0.0784. The van der Waals surface area contributed by atoms with Crippen LogP contribution in [0.5, 0.6) is 5.75 Å². The average Bonchev–Trinajstić information content (AvgIpc) is 2.47. The van der Waals surface area contributed by atoms with Gasteiger partial charge >= 0.3 is 0 Å². The molecule has 0 aliphatic rings. The minimum Gasteiger partial charge on any atom is -0.496 e. The highest BCUT2D eigenvalue weighted by Gasteiger charge is 2.13. The fourth-order valence-electron chi connectivity index (χ4n) is 2.21. The molecule has 0 aliphatic heterocycles. The highest BCUT2D eigenvalue weighted by Crippen LogP contribution is 2.20. The lowest BCUT2D eigenvalue weighted by Gasteiger charge is -2.18. The molecule has 110 valence electrons. The molecule has 0 spiro atoms. The molecule has 0 radical (unpaired) electrons. The number of carbonyl (C=O) groups excluding carboxylic acids is 1. The van der Waals surface area contributed by atoms with Crippen molar-refractivity contribution in [3.63, 3.8) is 0 Å². The van der Waals surface area contributed by atoms with Gasteiger partial charge in [0.05, 0.1) is 7.11 Å². The minimum atomic E-state index is -0.0456. The zero-order chi connectivity index (χ0) is 15.4. The normalized spacial score (nSPS) is 10.2. The first-order valence-corrected chi connectivity index (χ1v) is 6.76. The Balaban J connectivity index is 2.15. The number of benzene rings is 2. The third kappa shape index (κ3) is 3.54. The van der Waals surface area contributed by atoms with E-state index in [-0.39, 0.29) is 5.91 Å². The third-order valence-corrected chi connectivity index (χ3v) is 3.37. The molecule has 0 aromatic heterocycles. The number of hydrogen-bond acceptors (Lipinski definition) is 3. The Morgan fingerprint density at radius 2 is 2.00 bits per heavy atom. The van der Waals surface area contributed by atoms with Gasteiger partial charge in [0.25, 0.3) is 5.91 Å². The van der Waals surface area contributed by atoms with E-state index in [1.54, 1.807) is 25.1 Å². The standard InChI is InChI=1S/C17H20N2O2/c1-12-7-8-14(10-16(12)21-3)17(20)19(2)11-13-5-4-6-15(18)9-13/h4-10H,11,18H2,1-3H3. The first kappa shape index (κ1) is 14.9. The SMILES string of the molecule is COc1cc(C(=O)N(C)Cc2cccc(N)c2)ccc1C. The molecule has 0 atom stereocenters. The number of rotatable bonds is 4. The maximum absolute atomic E-state index is 12.5. The maximum atomic E-state index is 12.5. The molecule has 21 heavy (non-hydrogen) atoms. The summed E-state index contributed by atoms with van der Waals surface area (Å²) in [5.74, 6) is 0.675. The molecule has 0 saturated carbocycles. The van der Waals surface area contributed by atoms with Crippen molar-refractivity contribution in [3.05, 3.63) is 59.2 Å².